The average molecular weight is 267 g/mol. The number of rotatable bonds is 0. The molecule has 15 heavy (non-hydrogen) atoms. The van der Waals surface area contributed by atoms with Gasteiger partial charge in [-0.05, 0) is 35.0 Å². The van der Waals surface area contributed by atoms with Crippen LogP contribution >= 0.6 is 15.9 Å². The second kappa shape index (κ2) is 3.34. The molecule has 2 rings (SSSR count). The summed E-state index contributed by atoms with van der Waals surface area (Å²) in [7, 11) is 0. The van der Waals surface area contributed by atoms with Gasteiger partial charge < -0.3 is 0 Å². The number of nitrogens with zero attached hydrogens (tertiary/aromatic N) is 2. The minimum absolute atomic E-state index is 0.0668. The van der Waals surface area contributed by atoms with E-state index < -0.39 is 0 Å². The summed E-state index contributed by atoms with van der Waals surface area (Å²) in [6.45, 7) is 8.62. The molecule has 0 aliphatic rings. The first-order chi connectivity index (χ1) is 6.91. The molecule has 2 aromatic rings. The maximum Gasteiger partial charge on any atom is 0.138 e. The van der Waals surface area contributed by atoms with Gasteiger partial charge in [-0.3, -0.25) is 4.40 Å². The molecule has 0 bridgehead atoms. The quantitative estimate of drug-likeness (QED) is 0.711. The fraction of sp³-hybridized carbons (Fsp3) is 0.417. The van der Waals surface area contributed by atoms with Crippen molar-refractivity contribution in [3.05, 3.63) is 34.2 Å². The molecule has 0 radical (unpaired) electrons. The normalized spacial score (nSPS) is 12.3. The second-order valence-corrected chi connectivity index (χ2v) is 5.61. The lowest BCUT2D eigenvalue weighted by atomic mass is 9.93. The molecule has 0 unspecified atom stereocenters. The summed E-state index contributed by atoms with van der Waals surface area (Å²) >= 11 is 3.64. The first-order valence-electron chi connectivity index (χ1n) is 5.05. The Hall–Kier alpha value is -0.830. The summed E-state index contributed by atoms with van der Waals surface area (Å²) in [6, 6.07) is 6.16. The molecule has 0 saturated heterocycles. The van der Waals surface area contributed by atoms with Crippen molar-refractivity contribution in [3.63, 3.8) is 0 Å². The first kappa shape index (κ1) is 10.7. The highest BCUT2D eigenvalue weighted by Gasteiger charge is 2.22. The van der Waals surface area contributed by atoms with Gasteiger partial charge in [0.25, 0.3) is 0 Å². The zero-order chi connectivity index (χ0) is 11.2. The molecule has 2 aromatic heterocycles. The van der Waals surface area contributed by atoms with Crippen LogP contribution in [0, 0.1) is 6.92 Å². The van der Waals surface area contributed by atoms with Crippen LogP contribution in [0.25, 0.3) is 5.65 Å². The number of hydrogen-bond acceptors (Lipinski definition) is 1. The fourth-order valence-corrected chi connectivity index (χ4v) is 2.83. The van der Waals surface area contributed by atoms with Crippen LogP contribution in [0.15, 0.2) is 22.8 Å². The third-order valence-electron chi connectivity index (χ3n) is 2.49. The van der Waals surface area contributed by atoms with Crippen molar-refractivity contribution < 1.29 is 0 Å². The summed E-state index contributed by atoms with van der Waals surface area (Å²) < 4.78 is 3.21. The lowest BCUT2D eigenvalue weighted by Gasteiger charge is -2.15. The van der Waals surface area contributed by atoms with E-state index in [9.17, 15) is 0 Å². The lowest BCUT2D eigenvalue weighted by Crippen LogP contribution is -2.12. The van der Waals surface area contributed by atoms with Gasteiger partial charge in [0.2, 0.25) is 0 Å². The van der Waals surface area contributed by atoms with Crippen molar-refractivity contribution >= 4 is 21.6 Å². The Balaban J connectivity index is 2.82. The Bertz CT molecular complexity index is 506. The molecule has 0 aliphatic heterocycles. The standard InChI is InChI=1S/C12H15BrN2/c1-8-6-5-7-9-14-10(12(2,3)4)11(13)15(8)9/h5-7H,1-4H3. The number of imidazole rings is 1. The van der Waals surface area contributed by atoms with Crippen LogP contribution in [0.4, 0.5) is 0 Å². The Labute approximate surface area is 98.5 Å². The van der Waals surface area contributed by atoms with Crippen molar-refractivity contribution in [2.75, 3.05) is 0 Å². The number of fused-ring (bicyclic) bond motifs is 1. The molecule has 2 heterocycles. The van der Waals surface area contributed by atoms with Gasteiger partial charge in [0.15, 0.2) is 0 Å². The number of aromatic nitrogens is 2. The SMILES string of the molecule is Cc1cccc2nc(C(C)(C)C)c(Br)n12. The molecule has 0 spiro atoms. The third-order valence-corrected chi connectivity index (χ3v) is 3.22. The number of halogens is 1. The molecule has 0 atom stereocenters. The summed E-state index contributed by atoms with van der Waals surface area (Å²) in [5.74, 6) is 0. The highest BCUT2D eigenvalue weighted by Crippen LogP contribution is 2.30. The molecule has 80 valence electrons. The predicted octanol–water partition coefficient (Wildman–Crippen LogP) is 3.70. The molecule has 0 aliphatic carbocycles. The van der Waals surface area contributed by atoms with Crippen molar-refractivity contribution in [1.29, 1.82) is 0 Å². The second-order valence-electron chi connectivity index (χ2n) is 4.86. The van der Waals surface area contributed by atoms with Crippen LogP contribution < -0.4 is 0 Å². The molecule has 0 N–H and O–H groups in total. The fourth-order valence-electron chi connectivity index (χ4n) is 1.69. The molecular formula is C12H15BrN2. The minimum atomic E-state index is 0.0668. The number of hydrogen-bond donors (Lipinski definition) is 0. The van der Waals surface area contributed by atoms with Gasteiger partial charge >= 0.3 is 0 Å². The van der Waals surface area contributed by atoms with Crippen molar-refractivity contribution in [1.82, 2.24) is 9.38 Å². The summed E-state index contributed by atoms with van der Waals surface area (Å²) in [6.07, 6.45) is 0. The van der Waals surface area contributed by atoms with Gasteiger partial charge in [0.05, 0.1) is 5.69 Å². The van der Waals surface area contributed by atoms with E-state index in [1.54, 1.807) is 0 Å². The van der Waals surface area contributed by atoms with Crippen LogP contribution in [-0.2, 0) is 5.41 Å². The van der Waals surface area contributed by atoms with Crippen molar-refractivity contribution in [2.24, 2.45) is 0 Å². The van der Waals surface area contributed by atoms with E-state index in [1.807, 2.05) is 12.1 Å². The highest BCUT2D eigenvalue weighted by molar-refractivity contribution is 9.10. The van der Waals surface area contributed by atoms with Crippen molar-refractivity contribution in [3.8, 4) is 0 Å². The van der Waals surface area contributed by atoms with Crippen LogP contribution in [0.5, 0.6) is 0 Å². The molecule has 3 heteroatoms. The van der Waals surface area contributed by atoms with Gasteiger partial charge in [-0.15, -0.1) is 0 Å². The zero-order valence-electron chi connectivity index (χ0n) is 9.50. The maximum atomic E-state index is 4.66. The topological polar surface area (TPSA) is 17.3 Å². The summed E-state index contributed by atoms with van der Waals surface area (Å²) in [5.41, 5.74) is 3.38. The first-order valence-corrected chi connectivity index (χ1v) is 5.84. The van der Waals surface area contributed by atoms with Gasteiger partial charge in [-0.2, -0.15) is 0 Å². The molecule has 2 nitrogen and oxygen atoms in total. The van der Waals surface area contributed by atoms with Gasteiger partial charge in [-0.1, -0.05) is 26.8 Å². The summed E-state index contributed by atoms with van der Waals surface area (Å²) in [5, 5.41) is 0. The molecule has 0 amide bonds. The largest absolute Gasteiger partial charge is 0.291 e. The zero-order valence-corrected chi connectivity index (χ0v) is 11.1. The Morgan fingerprint density at radius 1 is 1.27 bits per heavy atom. The number of pyridine rings is 1. The van der Waals surface area contributed by atoms with Crippen LogP contribution in [0.1, 0.15) is 32.2 Å². The van der Waals surface area contributed by atoms with E-state index in [2.05, 4.69) is 59.1 Å². The van der Waals surface area contributed by atoms with E-state index in [4.69, 9.17) is 0 Å². The smallest absolute Gasteiger partial charge is 0.138 e. The number of aryl methyl sites for hydroxylation is 1. The van der Waals surface area contributed by atoms with Crippen LogP contribution in [-0.4, -0.2) is 9.38 Å². The highest BCUT2D eigenvalue weighted by atomic mass is 79.9. The van der Waals surface area contributed by atoms with E-state index in [1.165, 1.54) is 5.69 Å². The van der Waals surface area contributed by atoms with Crippen molar-refractivity contribution in [2.45, 2.75) is 33.1 Å². The van der Waals surface area contributed by atoms with E-state index in [0.717, 1.165) is 15.9 Å². The Morgan fingerprint density at radius 2 is 1.93 bits per heavy atom. The average Bonchev–Trinajstić information content (AvgIpc) is 2.44. The maximum absolute atomic E-state index is 4.66. The molecule has 0 saturated carbocycles. The van der Waals surface area contributed by atoms with Crippen LogP contribution in [0.2, 0.25) is 0 Å². The Kier molecular flexibility index (Phi) is 2.38. The lowest BCUT2D eigenvalue weighted by molar-refractivity contribution is 0.569. The predicted molar refractivity (Wildman–Crippen MR) is 66.3 cm³/mol. The molecule has 0 aromatic carbocycles. The monoisotopic (exact) mass is 266 g/mol. The third kappa shape index (κ3) is 1.69. The van der Waals surface area contributed by atoms with Gasteiger partial charge in [0.1, 0.15) is 10.3 Å². The summed E-state index contributed by atoms with van der Waals surface area (Å²) in [4.78, 5) is 4.66. The van der Waals surface area contributed by atoms with E-state index >= 15 is 0 Å². The molecule has 0 fully saturated rings. The van der Waals surface area contributed by atoms with E-state index in [-0.39, 0.29) is 5.41 Å². The Morgan fingerprint density at radius 3 is 2.47 bits per heavy atom. The minimum Gasteiger partial charge on any atom is -0.291 e. The molecular weight excluding hydrogens is 252 g/mol. The van der Waals surface area contributed by atoms with Crippen LogP contribution in [0.3, 0.4) is 0 Å². The van der Waals surface area contributed by atoms with Gasteiger partial charge in [-0.25, -0.2) is 4.98 Å². The van der Waals surface area contributed by atoms with E-state index in [0.29, 0.717) is 0 Å². The van der Waals surface area contributed by atoms with Gasteiger partial charge in [0, 0.05) is 11.1 Å².